The summed E-state index contributed by atoms with van der Waals surface area (Å²) in [4.78, 5) is 14.6. The van der Waals surface area contributed by atoms with Gasteiger partial charge < -0.3 is 4.90 Å². The van der Waals surface area contributed by atoms with E-state index in [1.54, 1.807) is 0 Å². The van der Waals surface area contributed by atoms with Crippen molar-refractivity contribution >= 4 is 16.7 Å². The molecule has 0 spiro atoms. The number of aromatic nitrogens is 2. The standard InChI is InChI=1S/C24H28N4/c1-2-6-15-27(14-5-1)22-12-16-28(18-22)24-25-13-11-23(26-24)21-10-9-19-7-3-4-8-20(19)17-21/h3-4,7-11,13,17,22H,1-2,5-6,12,14-16,18H2/t22-/m0/s1. The summed E-state index contributed by atoms with van der Waals surface area (Å²) in [6.45, 7) is 4.64. The summed E-state index contributed by atoms with van der Waals surface area (Å²) in [6, 6.07) is 17.7. The molecule has 3 heterocycles. The molecule has 0 N–H and O–H groups in total. The predicted molar refractivity (Wildman–Crippen MR) is 116 cm³/mol. The maximum atomic E-state index is 4.93. The van der Waals surface area contributed by atoms with Crippen LogP contribution in [0.25, 0.3) is 22.0 Å². The number of fused-ring (bicyclic) bond motifs is 1. The van der Waals surface area contributed by atoms with E-state index < -0.39 is 0 Å². The maximum Gasteiger partial charge on any atom is 0.225 e. The minimum Gasteiger partial charge on any atom is -0.339 e. The molecule has 2 fully saturated rings. The van der Waals surface area contributed by atoms with Gasteiger partial charge in [-0.2, -0.15) is 0 Å². The van der Waals surface area contributed by atoms with Gasteiger partial charge in [-0.15, -0.1) is 0 Å². The highest BCUT2D eigenvalue weighted by Crippen LogP contribution is 2.26. The van der Waals surface area contributed by atoms with Gasteiger partial charge >= 0.3 is 0 Å². The van der Waals surface area contributed by atoms with Crippen molar-refractivity contribution in [3.63, 3.8) is 0 Å². The van der Waals surface area contributed by atoms with Crippen LogP contribution in [0.5, 0.6) is 0 Å². The average molecular weight is 373 g/mol. The van der Waals surface area contributed by atoms with Crippen molar-refractivity contribution in [1.82, 2.24) is 14.9 Å². The minimum absolute atomic E-state index is 0.658. The maximum absolute atomic E-state index is 4.93. The third-order valence-corrected chi connectivity index (χ3v) is 6.29. The fourth-order valence-electron chi connectivity index (χ4n) is 4.69. The van der Waals surface area contributed by atoms with Gasteiger partial charge in [-0.1, -0.05) is 49.2 Å². The fraction of sp³-hybridized carbons (Fsp3) is 0.417. The lowest BCUT2D eigenvalue weighted by atomic mass is 10.1. The summed E-state index contributed by atoms with van der Waals surface area (Å²) in [5.41, 5.74) is 2.17. The molecule has 28 heavy (non-hydrogen) atoms. The zero-order valence-electron chi connectivity index (χ0n) is 16.4. The molecule has 144 valence electrons. The van der Waals surface area contributed by atoms with Gasteiger partial charge in [0.2, 0.25) is 5.95 Å². The second kappa shape index (κ2) is 7.88. The first-order chi connectivity index (χ1) is 13.9. The summed E-state index contributed by atoms with van der Waals surface area (Å²) in [5, 5.41) is 2.52. The molecule has 2 aliphatic rings. The van der Waals surface area contributed by atoms with Crippen molar-refractivity contribution in [3.05, 3.63) is 54.7 Å². The normalized spacial score (nSPS) is 21.1. The van der Waals surface area contributed by atoms with Crippen LogP contribution >= 0.6 is 0 Å². The van der Waals surface area contributed by atoms with E-state index >= 15 is 0 Å². The Morgan fingerprint density at radius 2 is 1.64 bits per heavy atom. The van der Waals surface area contributed by atoms with E-state index in [0.29, 0.717) is 6.04 Å². The smallest absolute Gasteiger partial charge is 0.225 e. The average Bonchev–Trinajstić information content (AvgIpc) is 3.09. The number of hydrogen-bond donors (Lipinski definition) is 0. The zero-order chi connectivity index (χ0) is 18.8. The minimum atomic E-state index is 0.658. The van der Waals surface area contributed by atoms with Crippen LogP contribution in [0.1, 0.15) is 32.1 Å². The summed E-state index contributed by atoms with van der Waals surface area (Å²) in [6.07, 6.45) is 8.62. The highest BCUT2D eigenvalue weighted by Gasteiger charge is 2.29. The lowest BCUT2D eigenvalue weighted by Gasteiger charge is -2.27. The van der Waals surface area contributed by atoms with Crippen molar-refractivity contribution in [3.8, 4) is 11.3 Å². The Kier molecular flexibility index (Phi) is 4.96. The van der Waals surface area contributed by atoms with Crippen molar-refractivity contribution in [2.75, 3.05) is 31.1 Å². The van der Waals surface area contributed by atoms with E-state index in [1.165, 1.54) is 56.0 Å². The number of benzene rings is 2. The Hall–Kier alpha value is -2.46. The molecular formula is C24H28N4. The monoisotopic (exact) mass is 372 g/mol. The first-order valence-electron chi connectivity index (χ1n) is 10.7. The molecule has 2 saturated heterocycles. The molecule has 4 heteroatoms. The van der Waals surface area contributed by atoms with Crippen LogP contribution in [-0.2, 0) is 0 Å². The Morgan fingerprint density at radius 1 is 0.821 bits per heavy atom. The second-order valence-corrected chi connectivity index (χ2v) is 8.14. The summed E-state index contributed by atoms with van der Waals surface area (Å²) in [7, 11) is 0. The molecule has 2 aliphatic heterocycles. The molecule has 4 nitrogen and oxygen atoms in total. The number of anilines is 1. The molecule has 0 aliphatic carbocycles. The highest BCUT2D eigenvalue weighted by molar-refractivity contribution is 5.86. The van der Waals surface area contributed by atoms with Gasteiger partial charge in [0, 0.05) is 30.9 Å². The molecule has 3 aromatic rings. The predicted octanol–water partition coefficient (Wildman–Crippen LogP) is 4.75. The quantitative estimate of drug-likeness (QED) is 0.664. The van der Waals surface area contributed by atoms with Gasteiger partial charge in [-0.3, -0.25) is 4.90 Å². The van der Waals surface area contributed by atoms with Crippen LogP contribution in [-0.4, -0.2) is 47.1 Å². The van der Waals surface area contributed by atoms with E-state index in [1.807, 2.05) is 12.3 Å². The third-order valence-electron chi connectivity index (χ3n) is 6.29. The van der Waals surface area contributed by atoms with Crippen molar-refractivity contribution < 1.29 is 0 Å². The molecule has 1 atom stereocenters. The molecule has 0 amide bonds. The Labute approximate surface area is 167 Å². The van der Waals surface area contributed by atoms with Gasteiger partial charge in [-0.25, -0.2) is 9.97 Å². The topological polar surface area (TPSA) is 32.3 Å². The van der Waals surface area contributed by atoms with Crippen LogP contribution < -0.4 is 4.90 Å². The molecular weight excluding hydrogens is 344 g/mol. The van der Waals surface area contributed by atoms with Gasteiger partial charge in [0.05, 0.1) is 5.69 Å². The lowest BCUT2D eigenvalue weighted by molar-refractivity contribution is 0.218. The van der Waals surface area contributed by atoms with Gasteiger partial charge in [0.25, 0.3) is 0 Å². The van der Waals surface area contributed by atoms with Crippen LogP contribution in [0.15, 0.2) is 54.7 Å². The fourth-order valence-corrected chi connectivity index (χ4v) is 4.69. The second-order valence-electron chi connectivity index (χ2n) is 8.14. The largest absolute Gasteiger partial charge is 0.339 e. The van der Waals surface area contributed by atoms with Crippen molar-refractivity contribution in [2.24, 2.45) is 0 Å². The number of nitrogens with zero attached hydrogens (tertiary/aromatic N) is 4. The summed E-state index contributed by atoms with van der Waals surface area (Å²) >= 11 is 0. The van der Waals surface area contributed by atoms with Crippen molar-refractivity contribution in [1.29, 1.82) is 0 Å². The first kappa shape index (κ1) is 17.6. The van der Waals surface area contributed by atoms with Crippen LogP contribution in [0.2, 0.25) is 0 Å². The third kappa shape index (κ3) is 3.61. The number of rotatable bonds is 3. The molecule has 0 unspecified atom stereocenters. The van der Waals surface area contributed by atoms with Crippen LogP contribution in [0.4, 0.5) is 5.95 Å². The van der Waals surface area contributed by atoms with Gasteiger partial charge in [0.1, 0.15) is 0 Å². The van der Waals surface area contributed by atoms with Gasteiger partial charge in [-0.05, 0) is 55.3 Å². The van der Waals surface area contributed by atoms with Crippen LogP contribution in [0, 0.1) is 0 Å². The zero-order valence-corrected chi connectivity index (χ0v) is 16.4. The van der Waals surface area contributed by atoms with E-state index in [2.05, 4.69) is 57.2 Å². The van der Waals surface area contributed by atoms with Crippen LogP contribution in [0.3, 0.4) is 0 Å². The molecule has 0 saturated carbocycles. The summed E-state index contributed by atoms with van der Waals surface area (Å²) in [5.74, 6) is 0.878. The number of likely N-dealkylation sites (tertiary alicyclic amines) is 1. The molecule has 1 aromatic heterocycles. The Balaban J connectivity index is 1.35. The molecule has 0 radical (unpaired) electrons. The van der Waals surface area contributed by atoms with Gasteiger partial charge in [0.15, 0.2) is 0 Å². The van der Waals surface area contributed by atoms with Crippen molar-refractivity contribution in [2.45, 2.75) is 38.1 Å². The SMILES string of the molecule is c1ccc2cc(-c3ccnc(N4CC[C@H](N5CCCCCC5)C4)n3)ccc2c1. The molecule has 5 rings (SSSR count). The Morgan fingerprint density at radius 3 is 2.50 bits per heavy atom. The Bertz CT molecular complexity index is 946. The molecule has 2 aromatic carbocycles. The van der Waals surface area contributed by atoms with E-state index in [9.17, 15) is 0 Å². The first-order valence-corrected chi connectivity index (χ1v) is 10.7. The summed E-state index contributed by atoms with van der Waals surface area (Å²) < 4.78 is 0. The lowest BCUT2D eigenvalue weighted by Crippen LogP contribution is -2.38. The van der Waals surface area contributed by atoms with E-state index in [4.69, 9.17) is 4.98 Å². The highest BCUT2D eigenvalue weighted by atomic mass is 15.3. The number of hydrogen-bond acceptors (Lipinski definition) is 4. The molecule has 0 bridgehead atoms. The van der Waals surface area contributed by atoms with E-state index in [-0.39, 0.29) is 0 Å². The van der Waals surface area contributed by atoms with E-state index in [0.717, 1.165) is 30.3 Å².